The maximum atomic E-state index is 7.72. The Hall–Kier alpha value is -2.37. The van der Waals surface area contributed by atoms with E-state index in [1.165, 1.54) is 17.5 Å². The predicted octanol–water partition coefficient (Wildman–Crippen LogP) is 2.02. The van der Waals surface area contributed by atoms with Gasteiger partial charge in [0.15, 0.2) is 0 Å². The second-order valence-electron chi connectivity index (χ2n) is 5.38. The molecule has 3 rings (SSSR count). The molecule has 0 bridgehead atoms. The molecule has 0 saturated carbocycles. The SMILES string of the molecule is CNc1nc(C)cc(N2CCc3n[nH]c(C)c3C2)c1C=N. The normalized spacial score (nSPS) is 14.0. The highest BCUT2D eigenvalue weighted by Gasteiger charge is 2.23. The fourth-order valence-electron chi connectivity index (χ4n) is 2.90. The fourth-order valence-corrected chi connectivity index (χ4v) is 2.90. The first-order valence-electron chi connectivity index (χ1n) is 7.11. The summed E-state index contributed by atoms with van der Waals surface area (Å²) in [5, 5.41) is 18.2. The number of nitrogens with one attached hydrogen (secondary N) is 3. The Morgan fingerprint density at radius 2 is 2.24 bits per heavy atom. The van der Waals surface area contributed by atoms with Gasteiger partial charge in [-0.2, -0.15) is 5.10 Å². The molecule has 3 heterocycles. The number of pyridine rings is 1. The van der Waals surface area contributed by atoms with Crippen molar-refractivity contribution in [3.8, 4) is 0 Å². The first-order chi connectivity index (χ1) is 10.1. The molecule has 0 unspecified atom stereocenters. The lowest BCUT2D eigenvalue weighted by atomic mass is 10.0. The van der Waals surface area contributed by atoms with Crippen molar-refractivity contribution in [2.24, 2.45) is 0 Å². The number of anilines is 2. The predicted molar refractivity (Wildman–Crippen MR) is 84.5 cm³/mol. The lowest BCUT2D eigenvalue weighted by molar-refractivity contribution is 0.717. The molecule has 0 aromatic carbocycles. The van der Waals surface area contributed by atoms with Crippen molar-refractivity contribution in [1.82, 2.24) is 15.2 Å². The van der Waals surface area contributed by atoms with Crippen LogP contribution in [0.25, 0.3) is 0 Å². The topological polar surface area (TPSA) is 80.7 Å². The summed E-state index contributed by atoms with van der Waals surface area (Å²) >= 11 is 0. The van der Waals surface area contributed by atoms with Crippen molar-refractivity contribution in [2.45, 2.75) is 26.8 Å². The van der Waals surface area contributed by atoms with Gasteiger partial charge in [-0.25, -0.2) is 4.98 Å². The maximum absolute atomic E-state index is 7.72. The first-order valence-corrected chi connectivity index (χ1v) is 7.11. The first kappa shape index (κ1) is 13.6. The summed E-state index contributed by atoms with van der Waals surface area (Å²) in [6, 6.07) is 2.06. The van der Waals surface area contributed by atoms with Crippen molar-refractivity contribution >= 4 is 17.7 Å². The van der Waals surface area contributed by atoms with Gasteiger partial charge >= 0.3 is 0 Å². The minimum atomic E-state index is 0.759. The van der Waals surface area contributed by atoms with Gasteiger partial charge in [0, 0.05) is 49.7 Å². The minimum Gasteiger partial charge on any atom is -0.373 e. The molecule has 0 radical (unpaired) electrons. The number of aryl methyl sites for hydroxylation is 2. The number of hydrogen-bond donors (Lipinski definition) is 3. The average Bonchev–Trinajstić information content (AvgIpc) is 2.87. The van der Waals surface area contributed by atoms with Gasteiger partial charge in [-0.3, -0.25) is 5.10 Å². The van der Waals surface area contributed by atoms with E-state index < -0.39 is 0 Å². The highest BCUT2D eigenvalue weighted by molar-refractivity contribution is 5.92. The van der Waals surface area contributed by atoms with Gasteiger partial charge in [0.25, 0.3) is 0 Å². The van der Waals surface area contributed by atoms with Gasteiger partial charge in [0.2, 0.25) is 0 Å². The molecular formula is C15H20N6. The number of fused-ring (bicyclic) bond motifs is 1. The number of hydrogen-bond acceptors (Lipinski definition) is 5. The van der Waals surface area contributed by atoms with E-state index in [0.29, 0.717) is 0 Å². The summed E-state index contributed by atoms with van der Waals surface area (Å²) in [6.07, 6.45) is 2.30. The summed E-state index contributed by atoms with van der Waals surface area (Å²) in [7, 11) is 1.84. The van der Waals surface area contributed by atoms with Crippen LogP contribution < -0.4 is 10.2 Å². The Morgan fingerprint density at radius 1 is 1.43 bits per heavy atom. The zero-order valence-corrected chi connectivity index (χ0v) is 12.6. The van der Waals surface area contributed by atoms with E-state index in [2.05, 4.69) is 38.4 Å². The molecule has 110 valence electrons. The largest absolute Gasteiger partial charge is 0.373 e. The summed E-state index contributed by atoms with van der Waals surface area (Å²) < 4.78 is 0. The second kappa shape index (κ2) is 5.20. The number of H-pyrrole nitrogens is 1. The molecule has 21 heavy (non-hydrogen) atoms. The van der Waals surface area contributed by atoms with Crippen LogP contribution >= 0.6 is 0 Å². The second-order valence-corrected chi connectivity index (χ2v) is 5.38. The van der Waals surface area contributed by atoms with E-state index in [0.717, 1.165) is 48.0 Å². The van der Waals surface area contributed by atoms with E-state index >= 15 is 0 Å². The zero-order chi connectivity index (χ0) is 15.0. The summed E-state index contributed by atoms with van der Waals surface area (Å²) in [6.45, 7) is 5.77. The number of nitrogens with zero attached hydrogens (tertiary/aromatic N) is 3. The Labute approximate surface area is 124 Å². The van der Waals surface area contributed by atoms with Crippen molar-refractivity contribution in [1.29, 1.82) is 5.41 Å². The number of aromatic amines is 1. The van der Waals surface area contributed by atoms with Crippen LogP contribution in [0.5, 0.6) is 0 Å². The molecule has 0 amide bonds. The van der Waals surface area contributed by atoms with Crippen LogP contribution in [0, 0.1) is 19.3 Å². The molecule has 0 aliphatic carbocycles. The van der Waals surface area contributed by atoms with Gasteiger partial charge in [-0.1, -0.05) is 0 Å². The van der Waals surface area contributed by atoms with Gasteiger partial charge in [-0.05, 0) is 19.9 Å². The van der Waals surface area contributed by atoms with Crippen LogP contribution in [-0.2, 0) is 13.0 Å². The third-order valence-electron chi connectivity index (χ3n) is 4.01. The molecule has 3 N–H and O–H groups in total. The monoisotopic (exact) mass is 284 g/mol. The van der Waals surface area contributed by atoms with E-state index in [-0.39, 0.29) is 0 Å². The van der Waals surface area contributed by atoms with Crippen LogP contribution in [0.15, 0.2) is 6.07 Å². The quantitative estimate of drug-likeness (QED) is 0.753. The van der Waals surface area contributed by atoms with Crippen molar-refractivity contribution in [3.05, 3.63) is 34.3 Å². The van der Waals surface area contributed by atoms with E-state index in [9.17, 15) is 0 Å². The van der Waals surface area contributed by atoms with E-state index in [4.69, 9.17) is 5.41 Å². The van der Waals surface area contributed by atoms with Crippen molar-refractivity contribution in [3.63, 3.8) is 0 Å². The molecule has 0 saturated heterocycles. The summed E-state index contributed by atoms with van der Waals surface area (Å²) in [5.74, 6) is 0.759. The average molecular weight is 284 g/mol. The standard InChI is InChI=1S/C15H20N6/c1-9-6-14(11(7-16)15(17-3)18-9)21-5-4-13-12(8-21)10(2)19-20-13/h6-7,16H,4-5,8H2,1-3H3,(H,17,18)(H,19,20). The molecule has 0 atom stereocenters. The van der Waals surface area contributed by atoms with E-state index in [1.807, 2.05) is 14.0 Å². The van der Waals surface area contributed by atoms with Crippen LogP contribution in [0.1, 0.15) is 28.2 Å². The maximum Gasteiger partial charge on any atom is 0.136 e. The van der Waals surface area contributed by atoms with Crippen LogP contribution in [-0.4, -0.2) is 35.0 Å². The van der Waals surface area contributed by atoms with Gasteiger partial charge in [0.1, 0.15) is 5.82 Å². The molecule has 0 fully saturated rings. The molecule has 1 aliphatic rings. The Bertz CT molecular complexity index is 688. The van der Waals surface area contributed by atoms with Crippen molar-refractivity contribution in [2.75, 3.05) is 23.8 Å². The fraction of sp³-hybridized carbons (Fsp3) is 0.400. The minimum absolute atomic E-state index is 0.759. The number of rotatable bonds is 3. The molecule has 0 spiro atoms. The van der Waals surface area contributed by atoms with Crippen molar-refractivity contribution < 1.29 is 0 Å². The third kappa shape index (κ3) is 2.26. The highest BCUT2D eigenvalue weighted by atomic mass is 15.2. The molecule has 1 aliphatic heterocycles. The molecule has 6 heteroatoms. The van der Waals surface area contributed by atoms with Crippen LogP contribution in [0.4, 0.5) is 11.5 Å². The van der Waals surface area contributed by atoms with E-state index in [1.54, 1.807) is 0 Å². The molecule has 6 nitrogen and oxygen atoms in total. The smallest absolute Gasteiger partial charge is 0.136 e. The number of aromatic nitrogens is 3. The summed E-state index contributed by atoms with van der Waals surface area (Å²) in [5.41, 5.74) is 6.43. The molecular weight excluding hydrogens is 264 g/mol. The third-order valence-corrected chi connectivity index (χ3v) is 4.01. The zero-order valence-electron chi connectivity index (χ0n) is 12.6. The molecule has 2 aromatic heterocycles. The molecule has 2 aromatic rings. The lowest BCUT2D eigenvalue weighted by Gasteiger charge is -2.30. The Balaban J connectivity index is 2.03. The summed E-state index contributed by atoms with van der Waals surface area (Å²) in [4.78, 5) is 6.77. The Kier molecular flexibility index (Phi) is 3.37. The van der Waals surface area contributed by atoms with Gasteiger partial charge < -0.3 is 15.6 Å². The van der Waals surface area contributed by atoms with Gasteiger partial charge in [-0.15, -0.1) is 0 Å². The van der Waals surface area contributed by atoms with Gasteiger partial charge in [0.05, 0.1) is 16.9 Å². The lowest BCUT2D eigenvalue weighted by Crippen LogP contribution is -2.31. The van der Waals surface area contributed by atoms with Crippen LogP contribution in [0.3, 0.4) is 0 Å². The van der Waals surface area contributed by atoms with Crippen LogP contribution in [0.2, 0.25) is 0 Å². The highest BCUT2D eigenvalue weighted by Crippen LogP contribution is 2.30. The Morgan fingerprint density at radius 3 is 2.95 bits per heavy atom.